The zero-order chi connectivity index (χ0) is 19.8. The molecule has 0 bridgehead atoms. The van der Waals surface area contributed by atoms with Crippen molar-refractivity contribution in [2.75, 3.05) is 0 Å². The van der Waals surface area contributed by atoms with Gasteiger partial charge in [-0.2, -0.15) is 0 Å². The Hall–Kier alpha value is -0.0400. The highest BCUT2D eigenvalue weighted by atomic mass is 14.7. The predicted molar refractivity (Wildman–Crippen MR) is 114 cm³/mol. The molecule has 150 valence electrons. The summed E-state index contributed by atoms with van der Waals surface area (Å²) in [4.78, 5) is 0. The van der Waals surface area contributed by atoms with Crippen molar-refractivity contribution >= 4 is 0 Å². The molecule has 1 saturated carbocycles. The summed E-state index contributed by atoms with van der Waals surface area (Å²) in [6, 6.07) is 0.255. The Morgan fingerprint density at radius 1 is 0.800 bits per heavy atom. The van der Waals surface area contributed by atoms with Gasteiger partial charge < -0.3 is 5.73 Å². The largest absolute Gasteiger partial charge is 0.327 e. The monoisotopic (exact) mass is 351 g/mol. The maximum absolute atomic E-state index is 6.72. The zero-order valence-electron chi connectivity index (χ0n) is 19.4. The summed E-state index contributed by atoms with van der Waals surface area (Å²) >= 11 is 0. The minimum Gasteiger partial charge on any atom is -0.327 e. The normalized spacial score (nSPS) is 24.0. The second-order valence-corrected chi connectivity index (χ2v) is 12.7. The van der Waals surface area contributed by atoms with Crippen LogP contribution in [0.25, 0.3) is 0 Å². The van der Waals surface area contributed by atoms with Crippen LogP contribution in [-0.2, 0) is 0 Å². The van der Waals surface area contributed by atoms with Gasteiger partial charge in [0, 0.05) is 6.04 Å². The van der Waals surface area contributed by atoms with E-state index in [4.69, 9.17) is 5.73 Å². The van der Waals surface area contributed by atoms with Gasteiger partial charge in [-0.3, -0.25) is 0 Å². The molecule has 0 aromatic heterocycles. The fraction of sp³-hybridized carbons (Fsp3) is 1.00. The highest BCUT2D eigenvalue weighted by Crippen LogP contribution is 2.56. The molecule has 1 nitrogen and oxygen atoms in total. The molecule has 25 heavy (non-hydrogen) atoms. The van der Waals surface area contributed by atoms with Gasteiger partial charge in [-0.1, -0.05) is 89.0 Å². The maximum Gasteiger partial charge on any atom is 0.00905 e. The molecule has 1 heteroatoms. The van der Waals surface area contributed by atoms with E-state index < -0.39 is 0 Å². The van der Waals surface area contributed by atoms with E-state index in [1.54, 1.807) is 0 Å². The van der Waals surface area contributed by atoms with Crippen LogP contribution in [0, 0.1) is 39.4 Å². The first-order valence-electron chi connectivity index (χ1n) is 10.8. The fourth-order valence-electron chi connectivity index (χ4n) is 5.44. The van der Waals surface area contributed by atoms with Gasteiger partial charge in [0.1, 0.15) is 0 Å². The number of hydrogen-bond donors (Lipinski definition) is 1. The predicted octanol–water partition coefficient (Wildman–Crippen LogP) is 7.29. The van der Waals surface area contributed by atoms with Gasteiger partial charge in [0.25, 0.3) is 0 Å². The fourth-order valence-corrected chi connectivity index (χ4v) is 5.44. The molecule has 1 aliphatic rings. The summed E-state index contributed by atoms with van der Waals surface area (Å²) in [5, 5.41) is 0. The van der Waals surface area contributed by atoms with Crippen molar-refractivity contribution in [1.29, 1.82) is 0 Å². The summed E-state index contributed by atoms with van der Waals surface area (Å²) < 4.78 is 0. The van der Waals surface area contributed by atoms with Crippen molar-refractivity contribution in [3.63, 3.8) is 0 Å². The Morgan fingerprint density at radius 3 is 1.56 bits per heavy atom. The molecule has 0 aliphatic heterocycles. The van der Waals surface area contributed by atoms with Gasteiger partial charge in [0.2, 0.25) is 0 Å². The summed E-state index contributed by atoms with van der Waals surface area (Å²) in [5.74, 6) is 2.09. The van der Waals surface area contributed by atoms with Crippen LogP contribution in [0.15, 0.2) is 0 Å². The van der Waals surface area contributed by atoms with E-state index in [-0.39, 0.29) is 16.9 Å². The average Bonchev–Trinajstić information content (AvgIpc) is 2.82. The molecular formula is C24H49N. The Kier molecular flexibility index (Phi) is 6.93. The lowest BCUT2D eigenvalue weighted by Gasteiger charge is -2.52. The molecule has 2 N–H and O–H groups in total. The Bertz CT molecular complexity index is 409. The minimum atomic E-state index is 0.173. The van der Waals surface area contributed by atoms with E-state index in [0.717, 1.165) is 12.3 Å². The Morgan fingerprint density at radius 2 is 1.24 bits per heavy atom. The van der Waals surface area contributed by atoms with Gasteiger partial charge >= 0.3 is 0 Å². The summed E-state index contributed by atoms with van der Waals surface area (Å²) in [6.07, 6.45) is 6.78. The van der Waals surface area contributed by atoms with Crippen molar-refractivity contribution in [3.05, 3.63) is 0 Å². The van der Waals surface area contributed by atoms with Crippen LogP contribution in [0.2, 0.25) is 0 Å². The third-order valence-corrected chi connectivity index (χ3v) is 7.55. The third kappa shape index (κ3) is 5.72. The SMILES string of the molecule is CC(C(C(CC(N)C(C)(C)C)C(C)(C)C)C(C)(C)C)C1(C)CCCC1. The summed E-state index contributed by atoms with van der Waals surface area (Å²) in [7, 11) is 0. The van der Waals surface area contributed by atoms with E-state index in [1.165, 1.54) is 25.7 Å². The molecule has 0 radical (unpaired) electrons. The molecule has 1 fully saturated rings. The van der Waals surface area contributed by atoms with E-state index in [0.29, 0.717) is 22.7 Å². The van der Waals surface area contributed by atoms with Crippen LogP contribution in [0.3, 0.4) is 0 Å². The van der Waals surface area contributed by atoms with Gasteiger partial charge in [-0.25, -0.2) is 0 Å². The van der Waals surface area contributed by atoms with E-state index in [9.17, 15) is 0 Å². The molecule has 0 amide bonds. The average molecular weight is 352 g/mol. The molecule has 1 rings (SSSR count). The van der Waals surface area contributed by atoms with Crippen LogP contribution in [0.4, 0.5) is 0 Å². The first-order chi connectivity index (χ1) is 11.0. The van der Waals surface area contributed by atoms with Crippen molar-refractivity contribution in [1.82, 2.24) is 0 Å². The van der Waals surface area contributed by atoms with Crippen molar-refractivity contribution in [2.45, 2.75) is 114 Å². The summed E-state index contributed by atoms with van der Waals surface area (Å²) in [5.41, 5.74) is 7.98. The van der Waals surface area contributed by atoms with Crippen LogP contribution in [0.5, 0.6) is 0 Å². The van der Waals surface area contributed by atoms with E-state index in [1.807, 2.05) is 0 Å². The standard InChI is InChI=1S/C24H49N/c1-17(24(11)14-12-13-15-24)20(23(8,9)10)18(21(2,3)4)16-19(25)22(5,6)7/h17-20H,12-16,25H2,1-11H3. The lowest BCUT2D eigenvalue weighted by atomic mass is 9.53. The highest BCUT2D eigenvalue weighted by molar-refractivity contribution is 4.98. The summed E-state index contributed by atoms with van der Waals surface area (Å²) in [6.45, 7) is 26.7. The van der Waals surface area contributed by atoms with Crippen LogP contribution in [0.1, 0.15) is 108 Å². The number of rotatable bonds is 5. The molecule has 4 unspecified atom stereocenters. The molecular weight excluding hydrogens is 302 g/mol. The third-order valence-electron chi connectivity index (χ3n) is 7.55. The molecule has 1 aliphatic carbocycles. The lowest BCUT2D eigenvalue weighted by molar-refractivity contribution is -0.0300. The topological polar surface area (TPSA) is 26.0 Å². The quantitative estimate of drug-likeness (QED) is 0.553. The second-order valence-electron chi connectivity index (χ2n) is 12.7. The van der Waals surface area contributed by atoms with Gasteiger partial charge in [-0.05, 0) is 58.7 Å². The highest BCUT2D eigenvalue weighted by Gasteiger charge is 2.48. The van der Waals surface area contributed by atoms with Crippen molar-refractivity contribution < 1.29 is 0 Å². The van der Waals surface area contributed by atoms with Crippen molar-refractivity contribution in [3.8, 4) is 0 Å². The number of hydrogen-bond acceptors (Lipinski definition) is 1. The Labute approximate surface area is 159 Å². The van der Waals surface area contributed by atoms with Gasteiger partial charge in [-0.15, -0.1) is 0 Å². The number of nitrogens with two attached hydrogens (primary N) is 1. The Balaban J connectivity index is 3.27. The molecule has 0 saturated heterocycles. The zero-order valence-corrected chi connectivity index (χ0v) is 19.4. The van der Waals surface area contributed by atoms with Crippen LogP contribution < -0.4 is 5.73 Å². The minimum absolute atomic E-state index is 0.173. The second kappa shape index (κ2) is 7.53. The van der Waals surface area contributed by atoms with Gasteiger partial charge in [0.15, 0.2) is 0 Å². The molecule has 0 aromatic carbocycles. The first kappa shape index (κ1) is 23.0. The lowest BCUT2D eigenvalue weighted by Crippen LogP contribution is -2.48. The molecule has 0 heterocycles. The van der Waals surface area contributed by atoms with E-state index >= 15 is 0 Å². The molecule has 4 atom stereocenters. The van der Waals surface area contributed by atoms with Gasteiger partial charge in [0.05, 0.1) is 0 Å². The molecule has 0 aromatic rings. The first-order valence-corrected chi connectivity index (χ1v) is 10.8. The molecule has 0 spiro atoms. The van der Waals surface area contributed by atoms with Crippen LogP contribution >= 0.6 is 0 Å². The maximum atomic E-state index is 6.72. The van der Waals surface area contributed by atoms with Crippen molar-refractivity contribution in [2.24, 2.45) is 45.1 Å². The smallest absolute Gasteiger partial charge is 0.00905 e. The van der Waals surface area contributed by atoms with E-state index in [2.05, 4.69) is 76.2 Å². The van der Waals surface area contributed by atoms with Crippen LogP contribution in [-0.4, -0.2) is 6.04 Å².